The molecular weight excluding hydrogens is 306 g/mol. The molecule has 0 heterocycles. The average Bonchev–Trinajstić information content (AvgIpc) is 3.30. The predicted octanol–water partition coefficient (Wildman–Crippen LogP) is 2.07. The lowest BCUT2D eigenvalue weighted by Crippen LogP contribution is -2.36. The van der Waals surface area contributed by atoms with Gasteiger partial charge in [-0.1, -0.05) is 32.9 Å². The van der Waals surface area contributed by atoms with Crippen molar-refractivity contribution in [3.8, 4) is 0 Å². The SMILES string of the molecule is CC(C)(C)C(=O)NCCC(=O)Nc1ccccc1C(=O)NC1CC1. The van der Waals surface area contributed by atoms with Crippen molar-refractivity contribution in [3.63, 3.8) is 0 Å². The van der Waals surface area contributed by atoms with Crippen LogP contribution in [0.3, 0.4) is 0 Å². The molecule has 6 nitrogen and oxygen atoms in total. The van der Waals surface area contributed by atoms with Gasteiger partial charge in [0.05, 0.1) is 11.3 Å². The molecule has 130 valence electrons. The molecule has 24 heavy (non-hydrogen) atoms. The van der Waals surface area contributed by atoms with Crippen molar-refractivity contribution in [1.29, 1.82) is 0 Å². The van der Waals surface area contributed by atoms with Crippen LogP contribution in [0, 0.1) is 5.41 Å². The average molecular weight is 331 g/mol. The molecular formula is C18H25N3O3. The Hall–Kier alpha value is -2.37. The predicted molar refractivity (Wildman–Crippen MR) is 92.6 cm³/mol. The topological polar surface area (TPSA) is 87.3 Å². The summed E-state index contributed by atoms with van der Waals surface area (Å²) in [5.74, 6) is -0.509. The van der Waals surface area contributed by atoms with E-state index in [4.69, 9.17) is 0 Å². The van der Waals surface area contributed by atoms with E-state index in [1.807, 2.05) is 20.8 Å². The number of rotatable bonds is 6. The van der Waals surface area contributed by atoms with Gasteiger partial charge < -0.3 is 16.0 Å². The number of para-hydroxylation sites is 1. The van der Waals surface area contributed by atoms with E-state index >= 15 is 0 Å². The van der Waals surface area contributed by atoms with Gasteiger partial charge in [0, 0.05) is 24.4 Å². The zero-order valence-electron chi connectivity index (χ0n) is 14.4. The number of carbonyl (C=O) groups is 3. The van der Waals surface area contributed by atoms with E-state index in [0.29, 0.717) is 11.3 Å². The van der Waals surface area contributed by atoms with Crippen molar-refractivity contribution >= 4 is 23.4 Å². The highest BCUT2D eigenvalue weighted by Gasteiger charge is 2.25. The summed E-state index contributed by atoms with van der Waals surface area (Å²) in [4.78, 5) is 36.0. The van der Waals surface area contributed by atoms with Gasteiger partial charge in [-0.3, -0.25) is 14.4 Å². The first-order valence-corrected chi connectivity index (χ1v) is 8.25. The second-order valence-corrected chi connectivity index (χ2v) is 7.10. The molecule has 1 fully saturated rings. The van der Waals surface area contributed by atoms with E-state index in [2.05, 4.69) is 16.0 Å². The highest BCUT2D eigenvalue weighted by atomic mass is 16.2. The van der Waals surface area contributed by atoms with E-state index in [-0.39, 0.29) is 36.7 Å². The van der Waals surface area contributed by atoms with Crippen molar-refractivity contribution in [2.75, 3.05) is 11.9 Å². The first-order chi connectivity index (χ1) is 11.3. The summed E-state index contributed by atoms with van der Waals surface area (Å²) in [7, 11) is 0. The van der Waals surface area contributed by atoms with Crippen LogP contribution in [0.4, 0.5) is 5.69 Å². The molecule has 0 unspecified atom stereocenters. The third-order valence-corrected chi connectivity index (χ3v) is 3.68. The lowest BCUT2D eigenvalue weighted by atomic mass is 9.96. The minimum Gasteiger partial charge on any atom is -0.355 e. The Morgan fingerprint density at radius 1 is 1.12 bits per heavy atom. The normalized spacial score (nSPS) is 14.0. The summed E-state index contributed by atoms with van der Waals surface area (Å²) in [6, 6.07) is 7.18. The Bertz CT molecular complexity index is 631. The maximum absolute atomic E-state index is 12.2. The van der Waals surface area contributed by atoms with Gasteiger partial charge in [0.2, 0.25) is 11.8 Å². The molecule has 3 N–H and O–H groups in total. The Morgan fingerprint density at radius 3 is 2.42 bits per heavy atom. The number of amides is 3. The van der Waals surface area contributed by atoms with Gasteiger partial charge in [0.25, 0.3) is 5.91 Å². The summed E-state index contributed by atoms with van der Waals surface area (Å²) in [5.41, 5.74) is 0.462. The van der Waals surface area contributed by atoms with Gasteiger partial charge in [0.1, 0.15) is 0 Å². The Labute approximate surface area is 142 Å². The summed E-state index contributed by atoms with van der Waals surface area (Å²) < 4.78 is 0. The van der Waals surface area contributed by atoms with Crippen molar-refractivity contribution in [2.45, 2.75) is 46.1 Å². The molecule has 6 heteroatoms. The smallest absolute Gasteiger partial charge is 0.253 e. The van der Waals surface area contributed by atoms with Crippen molar-refractivity contribution in [3.05, 3.63) is 29.8 Å². The van der Waals surface area contributed by atoms with Crippen molar-refractivity contribution < 1.29 is 14.4 Å². The molecule has 0 bridgehead atoms. The first-order valence-electron chi connectivity index (χ1n) is 8.25. The molecule has 1 saturated carbocycles. The second-order valence-electron chi connectivity index (χ2n) is 7.10. The minimum atomic E-state index is -0.482. The highest BCUT2D eigenvalue weighted by Crippen LogP contribution is 2.21. The molecule has 0 saturated heterocycles. The number of benzene rings is 1. The molecule has 0 atom stereocenters. The molecule has 3 amide bonds. The maximum atomic E-state index is 12.2. The quantitative estimate of drug-likeness (QED) is 0.746. The lowest BCUT2D eigenvalue weighted by Gasteiger charge is -2.17. The molecule has 0 spiro atoms. The molecule has 1 aromatic carbocycles. The van der Waals surface area contributed by atoms with Crippen LogP contribution in [0.5, 0.6) is 0 Å². The summed E-state index contributed by atoms with van der Waals surface area (Å²) in [6.07, 6.45) is 2.17. The summed E-state index contributed by atoms with van der Waals surface area (Å²) in [5, 5.41) is 8.39. The van der Waals surface area contributed by atoms with E-state index in [9.17, 15) is 14.4 Å². The maximum Gasteiger partial charge on any atom is 0.253 e. The number of carbonyl (C=O) groups excluding carboxylic acids is 3. The Balaban J connectivity index is 1.87. The van der Waals surface area contributed by atoms with Gasteiger partial charge in [-0.2, -0.15) is 0 Å². The van der Waals surface area contributed by atoms with E-state index in [1.54, 1.807) is 24.3 Å². The Kier molecular flexibility index (Phi) is 5.59. The van der Waals surface area contributed by atoms with Crippen LogP contribution in [-0.2, 0) is 9.59 Å². The van der Waals surface area contributed by atoms with Crippen LogP contribution in [0.2, 0.25) is 0 Å². The Morgan fingerprint density at radius 2 is 1.79 bits per heavy atom. The zero-order valence-corrected chi connectivity index (χ0v) is 14.4. The fraction of sp³-hybridized carbons (Fsp3) is 0.500. The standard InChI is InChI=1S/C18H25N3O3/c1-18(2,3)17(24)19-11-10-15(22)21-14-7-5-4-6-13(14)16(23)20-12-8-9-12/h4-7,12H,8-11H2,1-3H3,(H,19,24)(H,20,23)(H,21,22). The monoisotopic (exact) mass is 331 g/mol. The highest BCUT2D eigenvalue weighted by molar-refractivity contribution is 6.04. The van der Waals surface area contributed by atoms with Crippen LogP contribution < -0.4 is 16.0 Å². The summed E-state index contributed by atoms with van der Waals surface area (Å²) in [6.45, 7) is 5.71. The third kappa shape index (κ3) is 5.37. The van der Waals surface area contributed by atoms with Crippen LogP contribution in [0.1, 0.15) is 50.4 Å². The van der Waals surface area contributed by atoms with Gasteiger partial charge in [-0.25, -0.2) is 0 Å². The number of hydrogen-bond donors (Lipinski definition) is 3. The molecule has 1 aromatic rings. The first kappa shape index (κ1) is 18.0. The fourth-order valence-corrected chi connectivity index (χ4v) is 2.05. The molecule has 0 aromatic heterocycles. The minimum absolute atomic E-state index is 0.0977. The van der Waals surface area contributed by atoms with Gasteiger partial charge in [-0.15, -0.1) is 0 Å². The largest absolute Gasteiger partial charge is 0.355 e. The van der Waals surface area contributed by atoms with Crippen LogP contribution in [0.25, 0.3) is 0 Å². The molecule has 0 aliphatic heterocycles. The lowest BCUT2D eigenvalue weighted by molar-refractivity contribution is -0.128. The van der Waals surface area contributed by atoms with Crippen LogP contribution in [0.15, 0.2) is 24.3 Å². The molecule has 1 aliphatic rings. The van der Waals surface area contributed by atoms with Gasteiger partial charge in [0.15, 0.2) is 0 Å². The number of nitrogens with one attached hydrogen (secondary N) is 3. The second kappa shape index (κ2) is 7.47. The number of anilines is 1. The van der Waals surface area contributed by atoms with Crippen LogP contribution >= 0.6 is 0 Å². The summed E-state index contributed by atoms with van der Waals surface area (Å²) >= 11 is 0. The van der Waals surface area contributed by atoms with E-state index < -0.39 is 5.41 Å². The zero-order chi connectivity index (χ0) is 17.7. The molecule has 2 rings (SSSR count). The van der Waals surface area contributed by atoms with E-state index in [1.165, 1.54) is 0 Å². The van der Waals surface area contributed by atoms with Gasteiger partial charge >= 0.3 is 0 Å². The van der Waals surface area contributed by atoms with Crippen LogP contribution in [-0.4, -0.2) is 30.3 Å². The molecule has 1 aliphatic carbocycles. The van der Waals surface area contributed by atoms with Gasteiger partial charge in [-0.05, 0) is 25.0 Å². The third-order valence-electron chi connectivity index (χ3n) is 3.68. The molecule has 0 radical (unpaired) electrons. The van der Waals surface area contributed by atoms with Crippen molar-refractivity contribution in [1.82, 2.24) is 10.6 Å². The fourth-order valence-electron chi connectivity index (χ4n) is 2.05. The van der Waals surface area contributed by atoms with E-state index in [0.717, 1.165) is 12.8 Å². The van der Waals surface area contributed by atoms with Crippen molar-refractivity contribution in [2.24, 2.45) is 5.41 Å². The number of hydrogen-bond acceptors (Lipinski definition) is 3.